The average Bonchev–Trinajstić information content (AvgIpc) is 2.91. The molecular formula is C15H14ClN3OS. The van der Waals surface area contributed by atoms with Gasteiger partial charge in [0.1, 0.15) is 22.2 Å². The molecule has 0 aliphatic carbocycles. The zero-order valence-corrected chi connectivity index (χ0v) is 13.2. The molecule has 108 valence electrons. The van der Waals surface area contributed by atoms with Crippen molar-refractivity contribution in [3.05, 3.63) is 47.2 Å². The molecule has 4 nitrogen and oxygen atoms in total. The fourth-order valence-corrected chi connectivity index (χ4v) is 2.55. The van der Waals surface area contributed by atoms with Gasteiger partial charge in [-0.1, -0.05) is 11.6 Å². The molecular weight excluding hydrogens is 306 g/mol. The second-order valence-electron chi connectivity index (χ2n) is 4.66. The van der Waals surface area contributed by atoms with E-state index in [0.717, 1.165) is 27.6 Å². The van der Waals surface area contributed by atoms with Crippen LogP contribution in [0.15, 0.2) is 45.8 Å². The van der Waals surface area contributed by atoms with E-state index in [0.29, 0.717) is 5.02 Å². The van der Waals surface area contributed by atoms with Gasteiger partial charge in [-0.15, -0.1) is 22.0 Å². The third-order valence-corrected chi connectivity index (χ3v) is 4.01. The van der Waals surface area contributed by atoms with Crippen molar-refractivity contribution in [3.8, 4) is 0 Å². The molecule has 0 bridgehead atoms. The van der Waals surface area contributed by atoms with Crippen LogP contribution in [0, 0.1) is 0 Å². The fraction of sp³-hybridized carbons (Fsp3) is 0.200. The van der Waals surface area contributed by atoms with Gasteiger partial charge in [0, 0.05) is 10.4 Å². The molecule has 2 aromatic heterocycles. The van der Waals surface area contributed by atoms with Gasteiger partial charge in [0.2, 0.25) is 0 Å². The van der Waals surface area contributed by atoms with Crippen molar-refractivity contribution in [2.24, 2.45) is 0 Å². The van der Waals surface area contributed by atoms with E-state index in [-0.39, 0.29) is 6.04 Å². The third kappa shape index (κ3) is 3.14. The van der Waals surface area contributed by atoms with E-state index < -0.39 is 0 Å². The molecule has 3 aromatic rings. The Morgan fingerprint density at radius 1 is 1.19 bits per heavy atom. The Balaban J connectivity index is 1.80. The van der Waals surface area contributed by atoms with Crippen LogP contribution in [0.4, 0.5) is 5.82 Å². The summed E-state index contributed by atoms with van der Waals surface area (Å²) in [5.41, 5.74) is 0.826. The summed E-state index contributed by atoms with van der Waals surface area (Å²) < 4.78 is 5.83. The highest BCUT2D eigenvalue weighted by Crippen LogP contribution is 2.27. The zero-order chi connectivity index (χ0) is 14.8. The lowest BCUT2D eigenvalue weighted by molar-refractivity contribution is 0.525. The molecule has 0 amide bonds. The Morgan fingerprint density at radius 2 is 2.05 bits per heavy atom. The summed E-state index contributed by atoms with van der Waals surface area (Å²) in [5, 5.41) is 14.1. The molecule has 1 unspecified atom stereocenters. The molecule has 0 radical (unpaired) electrons. The van der Waals surface area contributed by atoms with Crippen LogP contribution in [-0.2, 0) is 0 Å². The van der Waals surface area contributed by atoms with Crippen molar-refractivity contribution >= 4 is 40.1 Å². The van der Waals surface area contributed by atoms with Crippen LogP contribution in [0.5, 0.6) is 0 Å². The number of benzene rings is 1. The number of hydrogen-bond donors (Lipinski definition) is 1. The summed E-state index contributed by atoms with van der Waals surface area (Å²) in [4.78, 5) is 0. The summed E-state index contributed by atoms with van der Waals surface area (Å²) in [7, 11) is 0. The van der Waals surface area contributed by atoms with Gasteiger partial charge in [-0.2, -0.15) is 0 Å². The summed E-state index contributed by atoms with van der Waals surface area (Å²) in [6.45, 7) is 2.02. The third-order valence-electron chi connectivity index (χ3n) is 3.14. The monoisotopic (exact) mass is 319 g/mol. The molecule has 6 heteroatoms. The molecule has 0 saturated carbocycles. The average molecular weight is 320 g/mol. The summed E-state index contributed by atoms with van der Waals surface area (Å²) in [5.74, 6) is 1.56. The minimum atomic E-state index is -0.00870. The number of fused-ring (bicyclic) bond motifs is 1. The number of thioether (sulfide) groups is 1. The first-order valence-corrected chi connectivity index (χ1v) is 8.09. The van der Waals surface area contributed by atoms with Crippen LogP contribution in [0.2, 0.25) is 5.02 Å². The number of anilines is 1. The summed E-state index contributed by atoms with van der Waals surface area (Å²) in [6.07, 6.45) is 1.97. The highest BCUT2D eigenvalue weighted by Gasteiger charge is 2.12. The highest BCUT2D eigenvalue weighted by molar-refractivity contribution is 7.98. The van der Waals surface area contributed by atoms with Crippen LogP contribution in [0.1, 0.15) is 18.7 Å². The van der Waals surface area contributed by atoms with Crippen molar-refractivity contribution < 1.29 is 4.42 Å². The van der Waals surface area contributed by atoms with Crippen LogP contribution in [0.25, 0.3) is 11.0 Å². The summed E-state index contributed by atoms with van der Waals surface area (Å²) in [6, 6.07) is 11.4. The maximum atomic E-state index is 5.99. The zero-order valence-electron chi connectivity index (χ0n) is 11.6. The number of nitrogens with one attached hydrogen (secondary N) is 1. The SMILES string of the molecule is CSc1ccc(NC(C)c2cc3cc(Cl)ccc3o2)nn1. The first kappa shape index (κ1) is 14.2. The molecule has 0 fully saturated rings. The van der Waals surface area contributed by atoms with E-state index in [4.69, 9.17) is 16.0 Å². The van der Waals surface area contributed by atoms with Gasteiger partial charge in [-0.3, -0.25) is 0 Å². The van der Waals surface area contributed by atoms with Crippen LogP contribution in [-0.4, -0.2) is 16.5 Å². The van der Waals surface area contributed by atoms with Crippen LogP contribution < -0.4 is 5.32 Å². The topological polar surface area (TPSA) is 51.0 Å². The minimum absolute atomic E-state index is 0.00870. The van der Waals surface area contributed by atoms with E-state index in [9.17, 15) is 0 Å². The number of hydrogen-bond acceptors (Lipinski definition) is 5. The van der Waals surface area contributed by atoms with E-state index in [1.165, 1.54) is 0 Å². The molecule has 0 aliphatic rings. The van der Waals surface area contributed by atoms with E-state index >= 15 is 0 Å². The molecule has 0 aliphatic heterocycles. The minimum Gasteiger partial charge on any atom is -0.459 e. The fourth-order valence-electron chi connectivity index (χ4n) is 2.05. The Hall–Kier alpha value is -1.72. The van der Waals surface area contributed by atoms with Crippen molar-refractivity contribution in [1.29, 1.82) is 0 Å². The van der Waals surface area contributed by atoms with Crippen molar-refractivity contribution in [2.45, 2.75) is 18.0 Å². The predicted molar refractivity (Wildman–Crippen MR) is 87.1 cm³/mol. The molecule has 1 atom stereocenters. The van der Waals surface area contributed by atoms with Gasteiger partial charge >= 0.3 is 0 Å². The molecule has 1 aromatic carbocycles. The van der Waals surface area contributed by atoms with Gasteiger partial charge < -0.3 is 9.73 Å². The Morgan fingerprint density at radius 3 is 2.76 bits per heavy atom. The van der Waals surface area contributed by atoms with Gasteiger partial charge in [0.05, 0.1) is 6.04 Å². The van der Waals surface area contributed by atoms with Crippen molar-refractivity contribution in [2.75, 3.05) is 11.6 Å². The first-order valence-electron chi connectivity index (χ1n) is 6.49. The lowest BCUT2D eigenvalue weighted by Gasteiger charge is -2.11. The molecule has 2 heterocycles. The molecule has 0 spiro atoms. The Labute approximate surface area is 131 Å². The van der Waals surface area contributed by atoms with E-state index in [2.05, 4.69) is 15.5 Å². The maximum absolute atomic E-state index is 5.99. The lowest BCUT2D eigenvalue weighted by Crippen LogP contribution is -2.07. The van der Waals surface area contributed by atoms with E-state index in [1.54, 1.807) is 11.8 Å². The Bertz CT molecular complexity index is 757. The van der Waals surface area contributed by atoms with E-state index in [1.807, 2.05) is 49.6 Å². The largest absolute Gasteiger partial charge is 0.459 e. The first-order chi connectivity index (χ1) is 10.2. The van der Waals surface area contributed by atoms with Crippen molar-refractivity contribution in [1.82, 2.24) is 10.2 Å². The predicted octanol–water partition coefficient (Wildman–Crippen LogP) is 4.77. The number of rotatable bonds is 4. The van der Waals surface area contributed by atoms with Crippen LogP contribution >= 0.6 is 23.4 Å². The standard InChI is InChI=1S/C15H14ClN3OS/c1-9(17-14-5-6-15(21-2)19-18-14)13-8-10-7-11(16)3-4-12(10)20-13/h3-9H,1-2H3,(H,17,18). The molecule has 21 heavy (non-hydrogen) atoms. The number of halogens is 1. The number of aromatic nitrogens is 2. The molecule has 0 saturated heterocycles. The van der Waals surface area contributed by atoms with Gasteiger partial charge in [0.25, 0.3) is 0 Å². The second-order valence-corrected chi connectivity index (χ2v) is 5.92. The number of nitrogens with zero attached hydrogens (tertiary/aromatic N) is 2. The maximum Gasteiger partial charge on any atom is 0.149 e. The van der Waals surface area contributed by atoms with Gasteiger partial charge in [-0.25, -0.2) is 0 Å². The molecule has 1 N–H and O–H groups in total. The molecule has 3 rings (SSSR count). The van der Waals surface area contributed by atoms with Gasteiger partial charge in [0.15, 0.2) is 0 Å². The summed E-state index contributed by atoms with van der Waals surface area (Å²) >= 11 is 7.55. The second kappa shape index (κ2) is 5.95. The highest BCUT2D eigenvalue weighted by atomic mass is 35.5. The van der Waals surface area contributed by atoms with Crippen molar-refractivity contribution in [3.63, 3.8) is 0 Å². The quantitative estimate of drug-likeness (QED) is 0.702. The normalized spacial score (nSPS) is 12.5. The van der Waals surface area contributed by atoms with Gasteiger partial charge in [-0.05, 0) is 49.6 Å². The lowest BCUT2D eigenvalue weighted by atomic mass is 10.2. The Kier molecular flexibility index (Phi) is 4.03. The van der Waals surface area contributed by atoms with Crippen LogP contribution in [0.3, 0.4) is 0 Å². The smallest absolute Gasteiger partial charge is 0.149 e. The number of furan rings is 1.